The molecule has 2 heterocycles. The first kappa shape index (κ1) is 18.5. The first-order valence-electron chi connectivity index (χ1n) is 9.98. The van der Waals surface area contributed by atoms with Crippen molar-refractivity contribution in [1.29, 1.82) is 0 Å². The van der Waals surface area contributed by atoms with Crippen molar-refractivity contribution in [3.63, 3.8) is 0 Å². The van der Waals surface area contributed by atoms with Crippen LogP contribution in [0.5, 0.6) is 5.75 Å². The zero-order valence-corrected chi connectivity index (χ0v) is 16.2. The summed E-state index contributed by atoms with van der Waals surface area (Å²) in [6.45, 7) is 1.72. The predicted octanol–water partition coefficient (Wildman–Crippen LogP) is 2.87. The summed E-state index contributed by atoms with van der Waals surface area (Å²) < 4.78 is 0. The van der Waals surface area contributed by atoms with E-state index in [0.29, 0.717) is 5.75 Å². The average Bonchev–Trinajstić information content (AvgIpc) is 2.75. The number of nitrogens with zero attached hydrogens (tertiary/aromatic N) is 4. The van der Waals surface area contributed by atoms with E-state index in [4.69, 9.17) is 0 Å². The number of nitrogens with one attached hydrogen (secondary N) is 1. The second kappa shape index (κ2) is 8.04. The first-order valence-corrected chi connectivity index (χ1v) is 9.98. The lowest BCUT2D eigenvalue weighted by Crippen LogP contribution is -2.49. The van der Waals surface area contributed by atoms with Crippen LogP contribution in [-0.2, 0) is 6.42 Å². The number of rotatable bonds is 3. The van der Waals surface area contributed by atoms with Crippen molar-refractivity contribution in [3.05, 3.63) is 47.9 Å². The fourth-order valence-corrected chi connectivity index (χ4v) is 4.33. The third kappa shape index (κ3) is 3.74. The molecule has 1 fully saturated rings. The minimum absolute atomic E-state index is 0.0366. The lowest BCUT2D eigenvalue weighted by molar-refractivity contribution is 0.175. The quantitative estimate of drug-likeness (QED) is 0.854. The van der Waals surface area contributed by atoms with Gasteiger partial charge in [0.05, 0.1) is 12.2 Å². The van der Waals surface area contributed by atoms with Crippen LogP contribution in [0.15, 0.2) is 36.8 Å². The van der Waals surface area contributed by atoms with Crippen molar-refractivity contribution in [3.8, 4) is 5.75 Å². The van der Waals surface area contributed by atoms with Crippen molar-refractivity contribution in [2.24, 2.45) is 0 Å². The zero-order valence-electron chi connectivity index (χ0n) is 16.2. The van der Waals surface area contributed by atoms with Gasteiger partial charge in [-0.3, -0.25) is 4.98 Å². The van der Waals surface area contributed by atoms with Crippen LogP contribution >= 0.6 is 0 Å². The molecular weight excluding hydrogens is 354 g/mol. The molecule has 28 heavy (non-hydrogen) atoms. The number of phenols is 1. The molecular formula is C21H27N5O2. The summed E-state index contributed by atoms with van der Waals surface area (Å²) in [6, 6.07) is 5.72. The smallest absolute Gasteiger partial charge is 0.317 e. The van der Waals surface area contributed by atoms with Crippen LogP contribution in [-0.4, -0.2) is 52.2 Å². The summed E-state index contributed by atoms with van der Waals surface area (Å²) >= 11 is 0. The maximum Gasteiger partial charge on any atom is 0.317 e. The van der Waals surface area contributed by atoms with Gasteiger partial charge in [0.1, 0.15) is 11.6 Å². The van der Waals surface area contributed by atoms with Crippen LogP contribution in [0.4, 0.5) is 10.6 Å². The molecule has 1 saturated heterocycles. The normalized spacial score (nSPS) is 19.8. The molecule has 0 radical (unpaired) electrons. The van der Waals surface area contributed by atoms with Crippen molar-refractivity contribution in [2.75, 3.05) is 25.0 Å². The Morgan fingerprint density at radius 1 is 1.25 bits per heavy atom. The number of aromatic hydroxyl groups is 1. The lowest BCUT2D eigenvalue weighted by Gasteiger charge is -2.38. The highest BCUT2D eigenvalue weighted by atomic mass is 16.3. The molecule has 1 atom stereocenters. The fraction of sp³-hybridized carbons (Fsp3) is 0.476. The number of anilines is 1. The number of fused-ring (bicyclic) bond motifs is 1. The molecule has 2 amide bonds. The number of carbonyl (C=O) groups excluding carboxylic acids is 1. The Morgan fingerprint density at radius 2 is 2.07 bits per heavy atom. The van der Waals surface area contributed by atoms with Gasteiger partial charge in [0.2, 0.25) is 0 Å². The fourth-order valence-electron chi connectivity index (χ4n) is 4.33. The number of phenolic OH excluding ortho intramolecular Hbond substituents is 1. The van der Waals surface area contributed by atoms with Gasteiger partial charge < -0.3 is 20.2 Å². The zero-order chi connectivity index (χ0) is 19.5. The summed E-state index contributed by atoms with van der Waals surface area (Å²) in [5.74, 6) is 1.23. The second-order valence-corrected chi connectivity index (χ2v) is 7.63. The number of benzene rings is 1. The average molecular weight is 381 g/mol. The topological polar surface area (TPSA) is 81.6 Å². The number of carbonyl (C=O) groups is 1. The minimum atomic E-state index is -0.0425. The summed E-state index contributed by atoms with van der Waals surface area (Å²) in [4.78, 5) is 25.4. The number of aromatic nitrogens is 2. The van der Waals surface area contributed by atoms with E-state index < -0.39 is 0 Å². The summed E-state index contributed by atoms with van der Waals surface area (Å²) in [5, 5.41) is 13.3. The van der Waals surface area contributed by atoms with E-state index in [1.807, 2.05) is 24.1 Å². The number of piperidine rings is 1. The van der Waals surface area contributed by atoms with Gasteiger partial charge in [-0.05, 0) is 49.3 Å². The van der Waals surface area contributed by atoms with Crippen molar-refractivity contribution in [1.82, 2.24) is 20.2 Å². The molecule has 148 valence electrons. The van der Waals surface area contributed by atoms with Crippen molar-refractivity contribution in [2.45, 2.75) is 44.2 Å². The van der Waals surface area contributed by atoms with E-state index >= 15 is 0 Å². The Bertz CT molecular complexity index is 821. The molecule has 2 N–H and O–H groups in total. The van der Waals surface area contributed by atoms with Crippen LogP contribution in [0.25, 0.3) is 0 Å². The van der Waals surface area contributed by atoms with Crippen molar-refractivity contribution < 1.29 is 9.90 Å². The molecule has 7 nitrogen and oxygen atoms in total. The Kier molecular flexibility index (Phi) is 5.32. The molecule has 1 aromatic carbocycles. The van der Waals surface area contributed by atoms with Crippen molar-refractivity contribution >= 4 is 11.8 Å². The number of urea groups is 1. The maximum atomic E-state index is 12.9. The Balaban J connectivity index is 1.36. The van der Waals surface area contributed by atoms with Gasteiger partial charge in [-0.25, -0.2) is 9.78 Å². The summed E-state index contributed by atoms with van der Waals surface area (Å²) in [6.07, 6.45) is 9.72. The molecule has 1 aliphatic carbocycles. The van der Waals surface area contributed by atoms with Crippen LogP contribution < -0.4 is 10.2 Å². The molecule has 1 aromatic heterocycles. The van der Waals surface area contributed by atoms with E-state index in [-0.39, 0.29) is 18.1 Å². The van der Waals surface area contributed by atoms with Gasteiger partial charge in [-0.1, -0.05) is 12.1 Å². The highest BCUT2D eigenvalue weighted by Crippen LogP contribution is 2.34. The molecule has 0 spiro atoms. The number of hydrogen-bond acceptors (Lipinski definition) is 5. The Hall–Kier alpha value is -2.83. The summed E-state index contributed by atoms with van der Waals surface area (Å²) in [5.41, 5.74) is 2.02. The molecule has 7 heteroatoms. The number of hydrogen-bond donors (Lipinski definition) is 2. The standard InChI is InChI=1S/C21H27N5O2/c1-25(15-8-12-26(13-9-15)20-14-22-10-11-23-20)21(28)24-18-6-2-5-17-16(18)4-3-7-19(17)27/h3-4,7,10-11,14-15,18,27H,2,5-6,8-9,12-13H2,1H3,(H,24,28). The molecule has 0 bridgehead atoms. The van der Waals surface area contributed by atoms with E-state index in [9.17, 15) is 9.90 Å². The monoisotopic (exact) mass is 381 g/mol. The van der Waals surface area contributed by atoms with Gasteiger partial charge in [-0.15, -0.1) is 0 Å². The van der Waals surface area contributed by atoms with Gasteiger partial charge in [0.25, 0.3) is 0 Å². The highest BCUT2D eigenvalue weighted by Gasteiger charge is 2.29. The predicted molar refractivity (Wildman–Crippen MR) is 107 cm³/mol. The lowest BCUT2D eigenvalue weighted by atomic mass is 9.87. The third-order valence-corrected chi connectivity index (χ3v) is 5.99. The SMILES string of the molecule is CN(C(=O)NC1CCCc2c(O)cccc21)C1CCN(c2cnccn2)CC1. The molecule has 2 aromatic rings. The molecule has 0 saturated carbocycles. The van der Waals surface area contributed by atoms with Gasteiger partial charge in [0.15, 0.2) is 0 Å². The van der Waals surface area contributed by atoms with Gasteiger partial charge in [0, 0.05) is 38.6 Å². The minimum Gasteiger partial charge on any atom is -0.508 e. The number of amides is 2. The van der Waals surface area contributed by atoms with E-state index in [2.05, 4.69) is 20.2 Å². The maximum absolute atomic E-state index is 12.9. The molecule has 4 rings (SSSR count). The Labute approximate surface area is 165 Å². The van der Waals surface area contributed by atoms with Crippen LogP contribution in [0.3, 0.4) is 0 Å². The van der Waals surface area contributed by atoms with E-state index in [1.165, 1.54) is 0 Å². The highest BCUT2D eigenvalue weighted by molar-refractivity contribution is 5.75. The van der Waals surface area contributed by atoms with Crippen LogP contribution in [0.1, 0.15) is 42.9 Å². The molecule has 2 aliphatic rings. The van der Waals surface area contributed by atoms with E-state index in [1.54, 1.807) is 24.7 Å². The second-order valence-electron chi connectivity index (χ2n) is 7.63. The largest absolute Gasteiger partial charge is 0.508 e. The molecule has 1 unspecified atom stereocenters. The Morgan fingerprint density at radius 3 is 2.82 bits per heavy atom. The van der Waals surface area contributed by atoms with E-state index in [0.717, 1.165) is 62.1 Å². The third-order valence-electron chi connectivity index (χ3n) is 5.99. The van der Waals surface area contributed by atoms with Gasteiger partial charge >= 0.3 is 6.03 Å². The van der Waals surface area contributed by atoms with Gasteiger partial charge in [-0.2, -0.15) is 0 Å². The summed E-state index contributed by atoms with van der Waals surface area (Å²) in [7, 11) is 1.88. The van der Waals surface area contributed by atoms with Crippen LogP contribution in [0.2, 0.25) is 0 Å². The van der Waals surface area contributed by atoms with Crippen LogP contribution in [0, 0.1) is 0 Å². The molecule has 1 aliphatic heterocycles. The first-order chi connectivity index (χ1) is 13.6.